The third-order valence-corrected chi connectivity index (χ3v) is 8.26. The first-order chi connectivity index (χ1) is 19.1. The van der Waals surface area contributed by atoms with Gasteiger partial charge >= 0.3 is 5.97 Å². The Morgan fingerprint density at radius 2 is 1.74 bits per heavy atom. The van der Waals surface area contributed by atoms with Crippen molar-refractivity contribution in [3.8, 4) is 16.9 Å². The summed E-state index contributed by atoms with van der Waals surface area (Å²) in [4.78, 5) is 11.7. The Kier molecular flexibility index (Phi) is 11.0. The maximum Gasteiger partial charge on any atom is 0.311 e. The number of hydrogen-bond acceptors (Lipinski definition) is 4. The van der Waals surface area contributed by atoms with E-state index < -0.39 is 11.9 Å². The predicted octanol–water partition coefficient (Wildman–Crippen LogP) is 9.16. The summed E-state index contributed by atoms with van der Waals surface area (Å²) in [6.45, 7) is 5.02. The number of furan rings is 1. The Balaban J connectivity index is 1.40. The highest BCUT2D eigenvalue weighted by atomic mass is 32.2. The number of unbranched alkanes of at least 4 members (excludes halogenated alkanes) is 2. The van der Waals surface area contributed by atoms with Gasteiger partial charge in [0.2, 0.25) is 0 Å². The lowest BCUT2D eigenvalue weighted by Gasteiger charge is -2.14. The Morgan fingerprint density at radius 1 is 0.949 bits per heavy atom. The lowest BCUT2D eigenvalue weighted by atomic mass is 9.98. The zero-order valence-electron chi connectivity index (χ0n) is 23.2. The molecule has 1 aromatic heterocycles. The van der Waals surface area contributed by atoms with Gasteiger partial charge < -0.3 is 14.3 Å². The largest absolute Gasteiger partial charge is 0.493 e. The van der Waals surface area contributed by atoms with Gasteiger partial charge in [-0.25, -0.2) is 0 Å². The molecule has 5 heteroatoms. The molecule has 4 nitrogen and oxygen atoms in total. The van der Waals surface area contributed by atoms with Gasteiger partial charge in [0.05, 0.1) is 18.8 Å². The Labute approximate surface area is 236 Å². The van der Waals surface area contributed by atoms with E-state index in [0.29, 0.717) is 12.4 Å². The molecule has 1 atom stereocenters. The van der Waals surface area contributed by atoms with Crippen molar-refractivity contribution in [2.75, 3.05) is 18.1 Å². The molecule has 0 amide bonds. The van der Waals surface area contributed by atoms with Crippen LogP contribution in [0.4, 0.5) is 0 Å². The normalized spacial score (nSPS) is 12.1. The summed E-state index contributed by atoms with van der Waals surface area (Å²) in [5.41, 5.74) is 6.63. The number of fused-ring (bicyclic) bond motifs is 1. The minimum Gasteiger partial charge on any atom is -0.493 e. The van der Waals surface area contributed by atoms with Crippen molar-refractivity contribution in [2.45, 2.75) is 64.7 Å². The van der Waals surface area contributed by atoms with Crippen molar-refractivity contribution < 1.29 is 19.1 Å². The molecule has 0 spiro atoms. The Hall–Kier alpha value is -3.18. The van der Waals surface area contributed by atoms with Crippen LogP contribution in [-0.4, -0.2) is 29.2 Å². The Bertz CT molecular complexity index is 1330. The number of aliphatic carboxylic acids is 1. The van der Waals surface area contributed by atoms with E-state index in [1.54, 1.807) is 11.8 Å². The van der Waals surface area contributed by atoms with Crippen molar-refractivity contribution in [3.05, 3.63) is 89.7 Å². The van der Waals surface area contributed by atoms with Crippen molar-refractivity contribution in [1.82, 2.24) is 0 Å². The Morgan fingerprint density at radius 3 is 2.51 bits per heavy atom. The SMILES string of the molecule is CCCCc1cccc(-c2coc3c(CCCC)c(OCCCSCC(C(=O)O)c4ccccc4)ccc23)c1. The average Bonchev–Trinajstić information content (AvgIpc) is 3.39. The fourth-order valence-electron chi connectivity index (χ4n) is 4.90. The highest BCUT2D eigenvalue weighted by Crippen LogP contribution is 2.37. The molecule has 206 valence electrons. The van der Waals surface area contributed by atoms with Gasteiger partial charge in [0.25, 0.3) is 0 Å². The van der Waals surface area contributed by atoms with E-state index in [2.05, 4.69) is 50.2 Å². The van der Waals surface area contributed by atoms with E-state index in [4.69, 9.17) is 9.15 Å². The van der Waals surface area contributed by atoms with Gasteiger partial charge in [0, 0.05) is 22.3 Å². The molecular formula is C34H40O4S. The number of benzene rings is 3. The number of carbonyl (C=O) groups is 1. The molecule has 4 aromatic rings. The summed E-state index contributed by atoms with van der Waals surface area (Å²) in [5.74, 6) is 1.04. The topological polar surface area (TPSA) is 59.7 Å². The zero-order valence-corrected chi connectivity index (χ0v) is 24.0. The maximum atomic E-state index is 11.7. The van der Waals surface area contributed by atoms with Gasteiger partial charge in [-0.15, -0.1) is 0 Å². The summed E-state index contributed by atoms with van der Waals surface area (Å²) < 4.78 is 12.5. The van der Waals surface area contributed by atoms with Crippen molar-refractivity contribution in [1.29, 1.82) is 0 Å². The molecule has 0 saturated heterocycles. The van der Waals surface area contributed by atoms with Gasteiger partial charge in [-0.3, -0.25) is 4.79 Å². The molecule has 39 heavy (non-hydrogen) atoms. The molecule has 3 aromatic carbocycles. The first kappa shape index (κ1) is 28.8. The first-order valence-corrected chi connectivity index (χ1v) is 15.4. The summed E-state index contributed by atoms with van der Waals surface area (Å²) in [7, 11) is 0. The second kappa shape index (κ2) is 14.8. The van der Waals surface area contributed by atoms with Crippen LogP contribution in [0.3, 0.4) is 0 Å². The first-order valence-electron chi connectivity index (χ1n) is 14.2. The third-order valence-electron chi connectivity index (χ3n) is 7.11. The standard InChI is InChI=1S/C34H40O4S/c1-3-5-12-25-13-10-16-27(22-25)30-23-38-33-28(30)18-19-32(29(33)17-6-4-2)37-20-11-21-39-24-31(34(35)36)26-14-8-7-9-15-26/h7-10,13-16,18-19,22-23,31H,3-6,11-12,17,20-21,24H2,1-2H3,(H,35,36). The number of hydrogen-bond donors (Lipinski definition) is 1. The minimum absolute atomic E-state index is 0.486. The van der Waals surface area contributed by atoms with Gasteiger partial charge in [-0.1, -0.05) is 81.3 Å². The number of thioether (sulfide) groups is 1. The maximum absolute atomic E-state index is 11.7. The lowest BCUT2D eigenvalue weighted by Crippen LogP contribution is -2.14. The molecule has 0 aliphatic heterocycles. The second-order valence-corrected chi connectivity index (χ2v) is 11.2. The fourth-order valence-corrected chi connectivity index (χ4v) is 5.96. The summed E-state index contributed by atoms with van der Waals surface area (Å²) in [5, 5.41) is 10.8. The van der Waals surface area contributed by atoms with E-state index >= 15 is 0 Å². The second-order valence-electron chi connectivity index (χ2n) is 10.1. The molecule has 1 unspecified atom stereocenters. The van der Waals surface area contributed by atoms with E-state index in [-0.39, 0.29) is 0 Å². The number of ether oxygens (including phenoxy) is 1. The van der Waals surface area contributed by atoms with Crippen LogP contribution in [0, 0.1) is 0 Å². The van der Waals surface area contributed by atoms with Gasteiger partial charge in [0.15, 0.2) is 0 Å². The third kappa shape index (κ3) is 7.69. The monoisotopic (exact) mass is 544 g/mol. The molecule has 4 rings (SSSR count). The smallest absolute Gasteiger partial charge is 0.311 e. The van der Waals surface area contributed by atoms with Crippen LogP contribution in [0.15, 0.2) is 77.4 Å². The van der Waals surface area contributed by atoms with Crippen LogP contribution < -0.4 is 4.74 Å². The summed E-state index contributed by atoms with van der Waals surface area (Å²) >= 11 is 1.67. The number of carboxylic acid groups (broad SMARTS) is 1. The van der Waals surface area contributed by atoms with E-state index in [9.17, 15) is 9.90 Å². The predicted molar refractivity (Wildman–Crippen MR) is 163 cm³/mol. The summed E-state index contributed by atoms with van der Waals surface area (Å²) in [6, 6.07) is 22.5. The molecule has 0 aliphatic carbocycles. The van der Waals surface area contributed by atoms with Crippen LogP contribution in [-0.2, 0) is 17.6 Å². The average molecular weight is 545 g/mol. The minimum atomic E-state index is -0.774. The number of rotatable bonds is 16. The molecule has 0 radical (unpaired) electrons. The van der Waals surface area contributed by atoms with Crippen molar-refractivity contribution in [2.24, 2.45) is 0 Å². The van der Waals surface area contributed by atoms with Crippen LogP contribution in [0.1, 0.15) is 68.6 Å². The molecule has 1 N–H and O–H groups in total. The molecule has 0 aliphatic rings. The lowest BCUT2D eigenvalue weighted by molar-refractivity contribution is -0.138. The highest BCUT2D eigenvalue weighted by molar-refractivity contribution is 7.99. The van der Waals surface area contributed by atoms with E-state index in [1.807, 2.05) is 36.6 Å². The summed E-state index contributed by atoms with van der Waals surface area (Å²) in [6.07, 6.45) is 9.33. The van der Waals surface area contributed by atoms with Gasteiger partial charge in [-0.2, -0.15) is 11.8 Å². The zero-order chi connectivity index (χ0) is 27.5. The number of aryl methyl sites for hydroxylation is 2. The van der Waals surface area contributed by atoms with Crippen molar-refractivity contribution >= 4 is 28.7 Å². The highest BCUT2D eigenvalue weighted by Gasteiger charge is 2.19. The van der Waals surface area contributed by atoms with Crippen LogP contribution in [0.25, 0.3) is 22.1 Å². The van der Waals surface area contributed by atoms with Crippen LogP contribution in [0.5, 0.6) is 5.75 Å². The molecule has 0 fully saturated rings. The molecular weight excluding hydrogens is 504 g/mol. The van der Waals surface area contributed by atoms with Crippen molar-refractivity contribution in [3.63, 3.8) is 0 Å². The van der Waals surface area contributed by atoms with E-state index in [0.717, 1.165) is 71.3 Å². The number of carboxylic acids is 1. The van der Waals surface area contributed by atoms with Crippen LogP contribution in [0.2, 0.25) is 0 Å². The molecule has 0 bridgehead atoms. The van der Waals surface area contributed by atoms with Gasteiger partial charge in [0.1, 0.15) is 11.3 Å². The quantitative estimate of drug-likeness (QED) is 0.143. The van der Waals surface area contributed by atoms with Crippen LogP contribution >= 0.6 is 11.8 Å². The molecule has 1 heterocycles. The molecule has 0 saturated carbocycles. The van der Waals surface area contributed by atoms with Gasteiger partial charge in [-0.05, 0) is 66.7 Å². The van der Waals surface area contributed by atoms with E-state index in [1.165, 1.54) is 24.0 Å². The fraction of sp³-hybridized carbons (Fsp3) is 0.382.